The Bertz CT molecular complexity index is 1250. The topological polar surface area (TPSA) is 93.7 Å². The fourth-order valence-corrected chi connectivity index (χ4v) is 7.91. The average Bonchev–Trinajstić information content (AvgIpc) is 3.20. The summed E-state index contributed by atoms with van der Waals surface area (Å²) in [5.74, 6) is -0.840. The quantitative estimate of drug-likeness (QED) is 0.142. The molecule has 8 heteroatoms. The summed E-state index contributed by atoms with van der Waals surface area (Å²) in [4.78, 5) is 27.4. The highest BCUT2D eigenvalue weighted by Gasteiger charge is 2.59. The van der Waals surface area contributed by atoms with Crippen LogP contribution in [0.5, 0.6) is 0 Å². The van der Waals surface area contributed by atoms with Crippen LogP contribution in [0.4, 0.5) is 0 Å². The number of carboxylic acids is 1. The molecule has 1 aromatic rings. The minimum absolute atomic E-state index is 0.00356. The Morgan fingerprint density at radius 2 is 1.95 bits per heavy atom. The molecule has 0 saturated carbocycles. The van der Waals surface area contributed by atoms with E-state index in [0.29, 0.717) is 6.54 Å². The van der Waals surface area contributed by atoms with E-state index in [2.05, 4.69) is 61.0 Å². The summed E-state index contributed by atoms with van der Waals surface area (Å²) in [7, 11) is 0. The first-order valence-corrected chi connectivity index (χ1v) is 16.7. The first kappa shape index (κ1) is 33.1. The SMILES string of the molecule is CCC/C=C(C)\C=C(/C)C1=CC(CCCCCNC(C(=O)N[C@H]2CN3C2SC(C)(C)C3C(=O)O)c2ccccc2)=CCN1. The van der Waals surface area contributed by atoms with E-state index in [1.807, 2.05) is 49.1 Å². The largest absolute Gasteiger partial charge is 0.480 e. The number of hydrogen-bond donors (Lipinski definition) is 4. The van der Waals surface area contributed by atoms with Crippen LogP contribution in [0.1, 0.15) is 84.7 Å². The standard InChI is InChI=1S/C35H50N4O3S/c1-6-7-14-24(2)21-25(3)28-22-26(18-20-36-28)15-10-9-13-19-37-30(27-16-11-8-12-17-27)32(40)38-29-23-39-31(34(41)42)35(4,5)43-33(29)39/h8,11-12,14,16-18,21-22,29-31,33,36-37H,6-7,9-10,13,15,19-20,23H2,1-5H3,(H,38,40)(H,41,42)/b24-14-,25-21+/t29-,30?,31?,33?/m0/s1. The molecule has 2 fully saturated rings. The van der Waals surface area contributed by atoms with Crippen molar-refractivity contribution in [2.24, 2.45) is 0 Å². The van der Waals surface area contributed by atoms with Gasteiger partial charge in [0.05, 0.1) is 11.4 Å². The van der Waals surface area contributed by atoms with Crippen molar-refractivity contribution in [2.45, 2.75) is 101 Å². The van der Waals surface area contributed by atoms with E-state index in [1.54, 1.807) is 11.8 Å². The molecule has 3 unspecified atom stereocenters. The van der Waals surface area contributed by atoms with Gasteiger partial charge in [0, 0.05) is 23.5 Å². The van der Waals surface area contributed by atoms with E-state index in [-0.39, 0.29) is 17.3 Å². The predicted octanol–water partition coefficient (Wildman–Crippen LogP) is 6.09. The molecule has 1 amide bonds. The van der Waals surface area contributed by atoms with Gasteiger partial charge >= 0.3 is 5.97 Å². The van der Waals surface area contributed by atoms with E-state index >= 15 is 0 Å². The average molecular weight is 607 g/mol. The molecule has 4 atom stereocenters. The van der Waals surface area contributed by atoms with Gasteiger partial charge in [0.2, 0.25) is 5.91 Å². The van der Waals surface area contributed by atoms with Gasteiger partial charge in [-0.2, -0.15) is 0 Å². The number of benzene rings is 1. The number of hydrogen-bond acceptors (Lipinski definition) is 6. The maximum Gasteiger partial charge on any atom is 0.322 e. The maximum atomic E-state index is 13.5. The van der Waals surface area contributed by atoms with Crippen molar-refractivity contribution < 1.29 is 14.7 Å². The molecular weight excluding hydrogens is 556 g/mol. The molecule has 0 aliphatic carbocycles. The van der Waals surface area contributed by atoms with Gasteiger partial charge in [0.25, 0.3) is 0 Å². The second-order valence-corrected chi connectivity index (χ2v) is 14.3. The van der Waals surface area contributed by atoms with Gasteiger partial charge in [0.1, 0.15) is 12.1 Å². The molecule has 3 aliphatic heterocycles. The molecule has 2 saturated heterocycles. The molecule has 1 aromatic carbocycles. The zero-order valence-electron chi connectivity index (χ0n) is 26.5. The van der Waals surface area contributed by atoms with Crippen molar-refractivity contribution in [3.63, 3.8) is 0 Å². The molecule has 0 bridgehead atoms. The normalized spacial score (nSPS) is 24.3. The summed E-state index contributed by atoms with van der Waals surface area (Å²) in [6, 6.07) is 8.84. The molecule has 4 rings (SSSR count). The summed E-state index contributed by atoms with van der Waals surface area (Å²) in [6.45, 7) is 12.7. The number of dihydropyridines is 1. The number of carboxylic acid groups (broad SMARTS) is 1. The van der Waals surface area contributed by atoms with E-state index in [9.17, 15) is 14.7 Å². The number of allylic oxidation sites excluding steroid dienone is 6. The van der Waals surface area contributed by atoms with Crippen LogP contribution in [-0.2, 0) is 9.59 Å². The third kappa shape index (κ3) is 8.64. The Balaban J connectivity index is 1.24. The summed E-state index contributed by atoms with van der Waals surface area (Å²) >= 11 is 1.65. The van der Waals surface area contributed by atoms with E-state index < -0.39 is 22.8 Å². The molecule has 0 radical (unpaired) electrons. The number of fused-ring (bicyclic) bond motifs is 1. The minimum Gasteiger partial charge on any atom is -0.480 e. The summed E-state index contributed by atoms with van der Waals surface area (Å²) in [5.41, 5.74) is 6.14. The lowest BCUT2D eigenvalue weighted by molar-refractivity contribution is -0.146. The molecule has 0 aromatic heterocycles. The second-order valence-electron chi connectivity index (χ2n) is 12.6. The maximum absolute atomic E-state index is 13.5. The smallest absolute Gasteiger partial charge is 0.322 e. The Morgan fingerprint density at radius 3 is 2.67 bits per heavy atom. The van der Waals surface area contributed by atoms with E-state index in [4.69, 9.17) is 0 Å². The van der Waals surface area contributed by atoms with Crippen molar-refractivity contribution in [1.29, 1.82) is 0 Å². The fourth-order valence-electron chi connectivity index (χ4n) is 6.26. The van der Waals surface area contributed by atoms with Crippen molar-refractivity contribution in [1.82, 2.24) is 20.9 Å². The molecular formula is C35H50N4O3S. The number of thioether (sulfide) groups is 1. The Labute approximate surface area is 262 Å². The first-order valence-electron chi connectivity index (χ1n) is 15.9. The number of nitrogens with one attached hydrogen (secondary N) is 3. The highest BCUT2D eigenvalue weighted by molar-refractivity contribution is 8.01. The molecule has 234 valence electrons. The summed E-state index contributed by atoms with van der Waals surface area (Å²) in [5, 5.41) is 20.0. The van der Waals surface area contributed by atoms with Crippen LogP contribution in [0.3, 0.4) is 0 Å². The highest BCUT2D eigenvalue weighted by atomic mass is 32.2. The third-order valence-electron chi connectivity index (χ3n) is 8.55. The lowest BCUT2D eigenvalue weighted by atomic mass is 9.96. The van der Waals surface area contributed by atoms with Crippen molar-refractivity contribution >= 4 is 23.6 Å². The number of nitrogens with zero attached hydrogens (tertiary/aromatic N) is 1. The zero-order valence-corrected chi connectivity index (χ0v) is 27.3. The van der Waals surface area contributed by atoms with Crippen LogP contribution < -0.4 is 16.0 Å². The van der Waals surface area contributed by atoms with Crippen LogP contribution in [0.2, 0.25) is 0 Å². The van der Waals surface area contributed by atoms with Crippen LogP contribution in [0.25, 0.3) is 0 Å². The van der Waals surface area contributed by atoms with Crippen LogP contribution in [-0.4, -0.2) is 63.7 Å². The predicted molar refractivity (Wildman–Crippen MR) is 178 cm³/mol. The number of rotatable bonds is 15. The zero-order chi connectivity index (χ0) is 31.0. The Kier molecular flexibility index (Phi) is 11.7. The van der Waals surface area contributed by atoms with Gasteiger partial charge in [-0.05, 0) is 82.7 Å². The molecule has 0 spiro atoms. The number of unbranched alkanes of at least 4 members (excludes halogenated alkanes) is 3. The van der Waals surface area contributed by atoms with Gasteiger partial charge in [-0.15, -0.1) is 11.8 Å². The van der Waals surface area contributed by atoms with E-state index in [0.717, 1.165) is 50.8 Å². The van der Waals surface area contributed by atoms with Gasteiger partial charge in [-0.1, -0.05) is 73.9 Å². The molecule has 3 heterocycles. The van der Waals surface area contributed by atoms with Crippen LogP contribution in [0, 0.1) is 0 Å². The van der Waals surface area contributed by atoms with Gasteiger partial charge in [-0.25, -0.2) is 0 Å². The molecule has 7 nitrogen and oxygen atoms in total. The van der Waals surface area contributed by atoms with Crippen molar-refractivity contribution in [3.8, 4) is 0 Å². The van der Waals surface area contributed by atoms with Crippen LogP contribution >= 0.6 is 11.8 Å². The van der Waals surface area contributed by atoms with Crippen molar-refractivity contribution in [3.05, 3.63) is 82.6 Å². The summed E-state index contributed by atoms with van der Waals surface area (Å²) in [6.07, 6.45) is 15.7. The van der Waals surface area contributed by atoms with Crippen molar-refractivity contribution in [2.75, 3.05) is 19.6 Å². The lowest BCUT2D eigenvalue weighted by Crippen LogP contribution is -2.67. The monoisotopic (exact) mass is 606 g/mol. The number of carbonyl (C=O) groups excluding carboxylic acids is 1. The number of carbonyl (C=O) groups is 2. The Hall–Kier alpha value is -2.81. The van der Waals surface area contributed by atoms with Crippen LogP contribution in [0.15, 0.2) is 77.1 Å². The third-order valence-corrected chi connectivity index (χ3v) is 10.2. The Morgan fingerprint density at radius 1 is 1.19 bits per heavy atom. The summed E-state index contributed by atoms with van der Waals surface area (Å²) < 4.78 is -0.394. The first-order chi connectivity index (χ1) is 20.6. The number of amides is 1. The van der Waals surface area contributed by atoms with Gasteiger partial charge in [0.15, 0.2) is 0 Å². The van der Waals surface area contributed by atoms with E-state index in [1.165, 1.54) is 28.8 Å². The molecule has 43 heavy (non-hydrogen) atoms. The highest BCUT2D eigenvalue weighted by Crippen LogP contribution is 2.50. The van der Waals surface area contributed by atoms with Gasteiger partial charge < -0.3 is 21.1 Å². The fraction of sp³-hybridized carbons (Fsp3) is 0.543. The second kappa shape index (κ2) is 15.3. The molecule has 3 aliphatic rings. The molecule has 4 N–H and O–H groups in total. The minimum atomic E-state index is -0.793. The number of aliphatic carboxylic acids is 1. The lowest BCUT2D eigenvalue weighted by Gasteiger charge is -2.45. The van der Waals surface area contributed by atoms with Gasteiger partial charge in [-0.3, -0.25) is 14.5 Å².